The van der Waals surface area contributed by atoms with Gasteiger partial charge in [-0.05, 0) is 70.8 Å². The van der Waals surface area contributed by atoms with Crippen molar-refractivity contribution >= 4 is 11.8 Å². The van der Waals surface area contributed by atoms with Gasteiger partial charge in [-0.3, -0.25) is 9.59 Å². The molecule has 5 heteroatoms. The van der Waals surface area contributed by atoms with Gasteiger partial charge in [-0.2, -0.15) is 0 Å². The molecule has 3 rings (SSSR count). The summed E-state index contributed by atoms with van der Waals surface area (Å²) in [6, 6.07) is 1.09. The van der Waals surface area contributed by atoms with Gasteiger partial charge in [0.25, 0.3) is 0 Å². The van der Waals surface area contributed by atoms with Gasteiger partial charge in [-0.1, -0.05) is 12.8 Å². The molecule has 0 aromatic rings. The summed E-state index contributed by atoms with van der Waals surface area (Å²) in [4.78, 5) is 24.7. The van der Waals surface area contributed by atoms with Crippen molar-refractivity contribution in [2.24, 2.45) is 11.8 Å². The van der Waals surface area contributed by atoms with E-state index >= 15 is 0 Å². The van der Waals surface area contributed by atoms with E-state index in [0.29, 0.717) is 24.4 Å². The second kappa shape index (κ2) is 9.02. The topological polar surface area (TPSA) is 70.2 Å². The highest BCUT2D eigenvalue weighted by atomic mass is 16.2. The van der Waals surface area contributed by atoms with Crippen molar-refractivity contribution in [2.45, 2.75) is 95.7 Å². The van der Waals surface area contributed by atoms with Gasteiger partial charge in [0.2, 0.25) is 11.8 Å². The fourth-order valence-electron chi connectivity index (χ4n) is 4.85. The fourth-order valence-corrected chi connectivity index (χ4v) is 4.85. The van der Waals surface area contributed by atoms with Gasteiger partial charge in [0.1, 0.15) is 0 Å². The van der Waals surface area contributed by atoms with Gasteiger partial charge in [-0.15, -0.1) is 0 Å². The Morgan fingerprint density at radius 1 is 0.920 bits per heavy atom. The molecule has 0 aromatic carbocycles. The van der Waals surface area contributed by atoms with Gasteiger partial charge >= 0.3 is 0 Å². The molecule has 0 spiro atoms. The van der Waals surface area contributed by atoms with Crippen LogP contribution in [-0.2, 0) is 9.59 Å². The standard InChI is InChI=1S/C20H35N3O2/c1-14-12-18(10-11-21-14)23-20(25)16-6-8-17(9-7-16)22-19(24)13-15-4-2-3-5-15/h14-18,21H,2-13H2,1H3,(H,22,24)(H,23,25). The van der Waals surface area contributed by atoms with E-state index in [4.69, 9.17) is 0 Å². The smallest absolute Gasteiger partial charge is 0.223 e. The molecular weight excluding hydrogens is 314 g/mol. The summed E-state index contributed by atoms with van der Waals surface area (Å²) in [7, 11) is 0. The largest absolute Gasteiger partial charge is 0.353 e. The molecule has 142 valence electrons. The molecule has 3 N–H and O–H groups in total. The number of amides is 2. The number of nitrogens with one attached hydrogen (secondary N) is 3. The lowest BCUT2D eigenvalue weighted by molar-refractivity contribution is -0.127. The van der Waals surface area contributed by atoms with Crippen LogP contribution in [0.25, 0.3) is 0 Å². The van der Waals surface area contributed by atoms with Gasteiger partial charge in [0.05, 0.1) is 0 Å². The zero-order valence-electron chi connectivity index (χ0n) is 15.7. The zero-order valence-corrected chi connectivity index (χ0v) is 15.7. The van der Waals surface area contributed by atoms with Crippen LogP contribution < -0.4 is 16.0 Å². The van der Waals surface area contributed by atoms with Crippen LogP contribution in [-0.4, -0.2) is 36.5 Å². The minimum atomic E-state index is 0.133. The summed E-state index contributed by atoms with van der Waals surface area (Å²) in [6.45, 7) is 3.17. The summed E-state index contributed by atoms with van der Waals surface area (Å²) in [5.74, 6) is 1.20. The number of carbonyl (C=O) groups is 2. The van der Waals surface area contributed by atoms with E-state index in [1.165, 1.54) is 25.7 Å². The van der Waals surface area contributed by atoms with Crippen molar-refractivity contribution in [2.75, 3.05) is 6.54 Å². The highest BCUT2D eigenvalue weighted by Crippen LogP contribution is 2.28. The molecule has 5 nitrogen and oxygen atoms in total. The predicted molar refractivity (Wildman–Crippen MR) is 99.1 cm³/mol. The van der Waals surface area contributed by atoms with Crippen LogP contribution in [0, 0.1) is 11.8 Å². The molecule has 3 aliphatic rings. The first kappa shape index (κ1) is 18.7. The summed E-state index contributed by atoms with van der Waals surface area (Å²) in [5, 5.41) is 9.89. The molecule has 0 radical (unpaired) electrons. The van der Waals surface area contributed by atoms with E-state index in [0.717, 1.165) is 45.1 Å². The third-order valence-corrected chi connectivity index (χ3v) is 6.38. The van der Waals surface area contributed by atoms with E-state index in [-0.39, 0.29) is 23.8 Å². The Hall–Kier alpha value is -1.10. The van der Waals surface area contributed by atoms with Crippen molar-refractivity contribution in [3.63, 3.8) is 0 Å². The summed E-state index contributed by atoms with van der Waals surface area (Å²) in [6.07, 6.45) is 11.5. The Morgan fingerprint density at radius 3 is 2.32 bits per heavy atom. The maximum atomic E-state index is 12.5. The number of hydrogen-bond acceptors (Lipinski definition) is 3. The maximum absolute atomic E-state index is 12.5. The van der Waals surface area contributed by atoms with Crippen molar-refractivity contribution in [3.05, 3.63) is 0 Å². The average Bonchev–Trinajstić information content (AvgIpc) is 3.08. The van der Waals surface area contributed by atoms with E-state index in [1.807, 2.05) is 0 Å². The summed E-state index contributed by atoms with van der Waals surface area (Å²) >= 11 is 0. The van der Waals surface area contributed by atoms with Gasteiger partial charge in [-0.25, -0.2) is 0 Å². The van der Waals surface area contributed by atoms with Crippen LogP contribution in [0.2, 0.25) is 0 Å². The van der Waals surface area contributed by atoms with E-state index in [2.05, 4.69) is 22.9 Å². The first-order valence-electron chi connectivity index (χ1n) is 10.4. The Bertz CT molecular complexity index is 454. The van der Waals surface area contributed by atoms with Crippen LogP contribution in [0.15, 0.2) is 0 Å². The number of rotatable bonds is 5. The first-order chi connectivity index (χ1) is 12.1. The molecule has 0 aromatic heterocycles. The van der Waals surface area contributed by atoms with Gasteiger partial charge < -0.3 is 16.0 Å². The van der Waals surface area contributed by atoms with E-state index in [1.54, 1.807) is 0 Å². The van der Waals surface area contributed by atoms with Crippen LogP contribution in [0.3, 0.4) is 0 Å². The van der Waals surface area contributed by atoms with Crippen LogP contribution >= 0.6 is 0 Å². The van der Waals surface area contributed by atoms with Crippen LogP contribution in [0.5, 0.6) is 0 Å². The van der Waals surface area contributed by atoms with Crippen molar-refractivity contribution in [1.29, 1.82) is 0 Å². The second-order valence-electron chi connectivity index (χ2n) is 8.56. The first-order valence-corrected chi connectivity index (χ1v) is 10.4. The zero-order chi connectivity index (χ0) is 17.6. The summed E-state index contributed by atoms with van der Waals surface area (Å²) < 4.78 is 0. The molecular formula is C20H35N3O2. The van der Waals surface area contributed by atoms with E-state index < -0.39 is 0 Å². The van der Waals surface area contributed by atoms with Gasteiger partial charge in [0, 0.05) is 30.5 Å². The Balaban J connectivity index is 1.34. The van der Waals surface area contributed by atoms with Crippen molar-refractivity contribution < 1.29 is 9.59 Å². The molecule has 0 bridgehead atoms. The minimum Gasteiger partial charge on any atom is -0.353 e. The molecule has 1 heterocycles. The quantitative estimate of drug-likeness (QED) is 0.714. The highest BCUT2D eigenvalue weighted by Gasteiger charge is 2.29. The lowest BCUT2D eigenvalue weighted by Crippen LogP contribution is -2.49. The minimum absolute atomic E-state index is 0.133. The number of hydrogen-bond donors (Lipinski definition) is 3. The monoisotopic (exact) mass is 349 g/mol. The lowest BCUT2D eigenvalue weighted by atomic mass is 9.85. The van der Waals surface area contributed by atoms with Crippen LogP contribution in [0.4, 0.5) is 0 Å². The van der Waals surface area contributed by atoms with Crippen LogP contribution in [0.1, 0.15) is 77.6 Å². The number of piperidine rings is 1. The maximum Gasteiger partial charge on any atom is 0.223 e. The molecule has 2 amide bonds. The molecule has 1 saturated heterocycles. The predicted octanol–water partition coefficient (Wildman–Crippen LogP) is 2.50. The Morgan fingerprint density at radius 2 is 1.64 bits per heavy atom. The van der Waals surface area contributed by atoms with Crippen molar-refractivity contribution in [3.8, 4) is 0 Å². The highest BCUT2D eigenvalue weighted by molar-refractivity contribution is 5.79. The lowest BCUT2D eigenvalue weighted by Gasteiger charge is -2.32. The average molecular weight is 350 g/mol. The number of carbonyl (C=O) groups excluding carboxylic acids is 2. The molecule has 2 atom stereocenters. The Kier molecular flexibility index (Phi) is 6.74. The Labute approximate surface area is 152 Å². The summed E-state index contributed by atoms with van der Waals surface area (Å²) in [5.41, 5.74) is 0. The van der Waals surface area contributed by atoms with E-state index in [9.17, 15) is 9.59 Å². The molecule has 2 aliphatic carbocycles. The third-order valence-electron chi connectivity index (χ3n) is 6.38. The third kappa shape index (κ3) is 5.70. The molecule has 2 unspecified atom stereocenters. The second-order valence-corrected chi connectivity index (χ2v) is 8.56. The van der Waals surface area contributed by atoms with Crippen molar-refractivity contribution in [1.82, 2.24) is 16.0 Å². The normalized spacial score (nSPS) is 33.8. The fraction of sp³-hybridized carbons (Fsp3) is 0.900. The molecule has 2 saturated carbocycles. The molecule has 1 aliphatic heterocycles. The SMILES string of the molecule is CC1CC(NC(=O)C2CCC(NC(=O)CC3CCCC3)CC2)CCN1. The molecule has 25 heavy (non-hydrogen) atoms. The van der Waals surface area contributed by atoms with Gasteiger partial charge in [0.15, 0.2) is 0 Å². The molecule has 3 fully saturated rings.